The highest BCUT2D eigenvalue weighted by molar-refractivity contribution is 5.83. The third kappa shape index (κ3) is 8.93. The smallest absolute Gasteiger partial charge is 0.314 e. The van der Waals surface area contributed by atoms with Crippen LogP contribution in [-0.2, 0) is 47.5 Å². The molecule has 1 aliphatic carbocycles. The Morgan fingerprint density at radius 1 is 0.690 bits per heavy atom. The molecule has 0 heterocycles. The van der Waals surface area contributed by atoms with Crippen molar-refractivity contribution in [2.24, 2.45) is 11.8 Å². The zero-order chi connectivity index (χ0) is 21.5. The predicted molar refractivity (Wildman–Crippen MR) is 99.5 cm³/mol. The zero-order valence-corrected chi connectivity index (χ0v) is 17.8. The van der Waals surface area contributed by atoms with Crippen LogP contribution >= 0.6 is 0 Å². The normalized spacial score (nSPS) is 23.9. The van der Waals surface area contributed by atoms with Crippen LogP contribution in [-0.4, -0.2) is 77.7 Å². The molecule has 0 aromatic carbocycles. The molecular formula is C19H34O10. The summed E-state index contributed by atoms with van der Waals surface area (Å²) >= 11 is 0. The minimum atomic E-state index is -0.934. The van der Waals surface area contributed by atoms with E-state index in [-0.39, 0.29) is 33.6 Å². The second kappa shape index (κ2) is 15.5. The van der Waals surface area contributed by atoms with Crippen LogP contribution in [0.2, 0.25) is 0 Å². The third-order valence-electron chi connectivity index (χ3n) is 4.31. The molecule has 10 nitrogen and oxygen atoms in total. The fourth-order valence-corrected chi connectivity index (χ4v) is 2.90. The van der Waals surface area contributed by atoms with Gasteiger partial charge >= 0.3 is 11.9 Å². The lowest BCUT2D eigenvalue weighted by molar-refractivity contribution is -0.187. The SMILES string of the molecule is CCOCOC(=O)C1CC(OCOCC)C(OCOCC)C1C(=O)OCOCC. The van der Waals surface area contributed by atoms with Crippen molar-refractivity contribution >= 4 is 11.9 Å². The molecule has 4 unspecified atom stereocenters. The standard InChI is InChI=1S/C19H34O10/c1-5-22-10-26-15-9-14(18(20)28-12-24-7-3)16(17(15)27-11-23-6-2)19(21)29-13-25-8-4/h14-17H,5-13H2,1-4H3. The van der Waals surface area contributed by atoms with E-state index in [1.165, 1.54) is 0 Å². The molecule has 0 aromatic heterocycles. The number of hydrogen-bond donors (Lipinski definition) is 0. The molecule has 0 saturated heterocycles. The van der Waals surface area contributed by atoms with Crippen molar-refractivity contribution in [3.05, 3.63) is 0 Å². The maximum absolute atomic E-state index is 12.7. The van der Waals surface area contributed by atoms with Crippen molar-refractivity contribution in [3.63, 3.8) is 0 Å². The molecular weight excluding hydrogens is 388 g/mol. The van der Waals surface area contributed by atoms with E-state index in [2.05, 4.69) is 0 Å². The van der Waals surface area contributed by atoms with Gasteiger partial charge in [0.05, 0.1) is 17.9 Å². The number of ether oxygens (including phenoxy) is 8. The van der Waals surface area contributed by atoms with E-state index in [1.54, 1.807) is 13.8 Å². The Morgan fingerprint density at radius 3 is 1.72 bits per heavy atom. The fourth-order valence-electron chi connectivity index (χ4n) is 2.90. The highest BCUT2D eigenvalue weighted by Crippen LogP contribution is 2.38. The largest absolute Gasteiger partial charge is 0.438 e. The Morgan fingerprint density at radius 2 is 1.17 bits per heavy atom. The Kier molecular flexibility index (Phi) is 13.8. The van der Waals surface area contributed by atoms with Crippen molar-refractivity contribution < 1.29 is 47.5 Å². The number of hydrogen-bond acceptors (Lipinski definition) is 10. The van der Waals surface area contributed by atoms with Crippen LogP contribution < -0.4 is 0 Å². The lowest BCUT2D eigenvalue weighted by Gasteiger charge is -2.25. The summed E-state index contributed by atoms with van der Waals surface area (Å²) in [6, 6.07) is 0. The van der Waals surface area contributed by atoms with Gasteiger partial charge in [-0.2, -0.15) is 0 Å². The average Bonchev–Trinajstić information content (AvgIpc) is 3.07. The maximum atomic E-state index is 12.7. The van der Waals surface area contributed by atoms with E-state index in [1.807, 2.05) is 13.8 Å². The molecule has 0 bridgehead atoms. The quantitative estimate of drug-likeness (QED) is 0.206. The van der Waals surface area contributed by atoms with E-state index in [9.17, 15) is 9.59 Å². The molecule has 1 fully saturated rings. The molecule has 1 rings (SSSR count). The number of carbonyl (C=O) groups excluding carboxylic acids is 2. The summed E-state index contributed by atoms with van der Waals surface area (Å²) in [4.78, 5) is 25.3. The van der Waals surface area contributed by atoms with Gasteiger partial charge in [-0.15, -0.1) is 0 Å². The second-order valence-corrected chi connectivity index (χ2v) is 6.07. The first-order valence-corrected chi connectivity index (χ1v) is 9.97. The van der Waals surface area contributed by atoms with E-state index < -0.39 is 36.0 Å². The number of rotatable bonds is 16. The molecule has 0 amide bonds. The molecule has 1 aliphatic rings. The zero-order valence-electron chi connectivity index (χ0n) is 17.8. The van der Waals surface area contributed by atoms with Gasteiger partial charge in [0.2, 0.25) is 0 Å². The highest BCUT2D eigenvalue weighted by Gasteiger charge is 2.53. The van der Waals surface area contributed by atoms with Gasteiger partial charge in [0.15, 0.2) is 13.6 Å². The van der Waals surface area contributed by atoms with Crippen LogP contribution in [0, 0.1) is 11.8 Å². The lowest BCUT2D eigenvalue weighted by Crippen LogP contribution is -2.39. The van der Waals surface area contributed by atoms with Gasteiger partial charge in [-0.25, -0.2) is 0 Å². The first kappa shape index (κ1) is 25.7. The van der Waals surface area contributed by atoms with Crippen molar-refractivity contribution in [2.45, 2.75) is 46.3 Å². The molecule has 0 spiro atoms. The summed E-state index contributed by atoms with van der Waals surface area (Å²) < 4.78 is 42.4. The summed E-state index contributed by atoms with van der Waals surface area (Å²) in [5.74, 6) is -2.95. The lowest BCUT2D eigenvalue weighted by atomic mass is 9.95. The first-order chi connectivity index (χ1) is 14.1. The Labute approximate surface area is 172 Å². The van der Waals surface area contributed by atoms with Gasteiger partial charge in [0.1, 0.15) is 19.7 Å². The van der Waals surface area contributed by atoms with Gasteiger partial charge in [0.25, 0.3) is 0 Å². The minimum absolute atomic E-state index is 0.0110. The first-order valence-electron chi connectivity index (χ1n) is 9.97. The molecule has 0 radical (unpaired) electrons. The van der Waals surface area contributed by atoms with Crippen LogP contribution in [0.4, 0.5) is 0 Å². The topological polar surface area (TPSA) is 108 Å². The fraction of sp³-hybridized carbons (Fsp3) is 0.895. The summed E-state index contributed by atoms with van der Waals surface area (Å²) in [6.45, 7) is 8.48. The van der Waals surface area contributed by atoms with Gasteiger partial charge in [-0.1, -0.05) is 0 Å². The van der Waals surface area contributed by atoms with E-state index in [4.69, 9.17) is 37.9 Å². The molecule has 1 saturated carbocycles. The van der Waals surface area contributed by atoms with Crippen LogP contribution in [0.3, 0.4) is 0 Å². The summed E-state index contributed by atoms with van der Waals surface area (Å²) in [5, 5.41) is 0. The second-order valence-electron chi connectivity index (χ2n) is 6.07. The molecule has 0 N–H and O–H groups in total. The molecule has 4 atom stereocenters. The van der Waals surface area contributed by atoms with Gasteiger partial charge in [-0.05, 0) is 34.1 Å². The predicted octanol–water partition coefficient (Wildman–Crippen LogP) is 1.46. The highest BCUT2D eigenvalue weighted by atomic mass is 16.7. The Hall–Kier alpha value is -1.30. The van der Waals surface area contributed by atoms with Crippen LogP contribution in [0.25, 0.3) is 0 Å². The van der Waals surface area contributed by atoms with Crippen molar-refractivity contribution in [1.29, 1.82) is 0 Å². The van der Waals surface area contributed by atoms with E-state index in [0.29, 0.717) is 26.4 Å². The maximum Gasteiger partial charge on any atom is 0.314 e. The molecule has 0 aliphatic heterocycles. The number of esters is 2. The van der Waals surface area contributed by atoms with Crippen molar-refractivity contribution in [3.8, 4) is 0 Å². The summed E-state index contributed by atoms with van der Waals surface area (Å²) in [7, 11) is 0. The minimum Gasteiger partial charge on any atom is -0.438 e. The molecule has 10 heteroatoms. The van der Waals surface area contributed by atoms with Gasteiger partial charge in [0, 0.05) is 26.4 Å². The van der Waals surface area contributed by atoms with Gasteiger partial charge in [-0.3, -0.25) is 9.59 Å². The molecule has 170 valence electrons. The number of carbonyl (C=O) groups is 2. The van der Waals surface area contributed by atoms with Crippen molar-refractivity contribution in [2.75, 3.05) is 53.6 Å². The van der Waals surface area contributed by atoms with Crippen LogP contribution in [0.5, 0.6) is 0 Å². The monoisotopic (exact) mass is 422 g/mol. The van der Waals surface area contributed by atoms with Crippen molar-refractivity contribution in [1.82, 2.24) is 0 Å². The van der Waals surface area contributed by atoms with E-state index in [0.717, 1.165) is 0 Å². The summed E-state index contributed by atoms with van der Waals surface area (Å²) in [6.07, 6.45) is -1.12. The average molecular weight is 422 g/mol. The summed E-state index contributed by atoms with van der Waals surface area (Å²) in [5.41, 5.74) is 0. The van der Waals surface area contributed by atoms with Crippen LogP contribution in [0.1, 0.15) is 34.1 Å². The Balaban J connectivity index is 2.94. The van der Waals surface area contributed by atoms with E-state index >= 15 is 0 Å². The molecule has 29 heavy (non-hydrogen) atoms. The molecule has 0 aromatic rings. The van der Waals surface area contributed by atoms with Gasteiger partial charge < -0.3 is 37.9 Å². The van der Waals surface area contributed by atoms with Crippen LogP contribution in [0.15, 0.2) is 0 Å². The third-order valence-corrected chi connectivity index (χ3v) is 4.31. The Bertz CT molecular complexity index is 458.